The first-order chi connectivity index (χ1) is 26.0. The van der Waals surface area contributed by atoms with Gasteiger partial charge < -0.3 is 38.1 Å². The number of unbranched alkanes of at least 4 members (excludes halogenated alkanes) is 17. The van der Waals surface area contributed by atoms with E-state index in [0.717, 1.165) is 51.4 Å². The molecule has 13 heteroatoms. The largest absolute Gasteiger partial charge is 0.368 e. The molecule has 0 rings (SSSR count). The van der Waals surface area contributed by atoms with Gasteiger partial charge in [-0.05, 0) is 71.8 Å². The summed E-state index contributed by atoms with van der Waals surface area (Å²) in [5.41, 5.74) is 10.6. The second kappa shape index (κ2) is 35.0. The molecule has 0 saturated heterocycles. The molecule has 0 bridgehead atoms. The fourth-order valence-electron chi connectivity index (χ4n) is 5.77. The molecule has 310 valence electrons. The molecular weight excluding hydrogens is 686 g/mol. The van der Waals surface area contributed by atoms with Crippen LogP contribution >= 0.6 is 0 Å². The first kappa shape index (κ1) is 50.3. The number of primary amides is 1. The molecule has 0 spiro atoms. The molecule has 13 nitrogen and oxygen atoms in total. The molecule has 0 aromatic rings. The fraction of sp³-hybridized carbons (Fsp3) is 0.756. The highest BCUT2D eigenvalue weighted by molar-refractivity contribution is 5.94. The zero-order valence-electron chi connectivity index (χ0n) is 33.8. The lowest BCUT2D eigenvalue weighted by Crippen LogP contribution is -2.54. The summed E-state index contributed by atoms with van der Waals surface area (Å²) >= 11 is 0. The first-order valence-corrected chi connectivity index (χ1v) is 20.8. The molecule has 0 heterocycles. The Bertz CT molecular complexity index is 1110. The van der Waals surface area contributed by atoms with E-state index in [-0.39, 0.29) is 12.5 Å². The minimum atomic E-state index is -0.985. The van der Waals surface area contributed by atoms with Gasteiger partial charge in [0.2, 0.25) is 35.4 Å². The van der Waals surface area contributed by atoms with E-state index in [9.17, 15) is 28.8 Å². The molecule has 6 amide bonds. The van der Waals surface area contributed by atoms with Gasteiger partial charge in [-0.25, -0.2) is 0 Å². The first-order valence-electron chi connectivity index (χ1n) is 20.8. The molecule has 3 atom stereocenters. The van der Waals surface area contributed by atoms with E-state index in [2.05, 4.69) is 57.8 Å². The molecule has 9 N–H and O–H groups in total. The smallest absolute Gasteiger partial charge is 0.243 e. The van der Waals surface area contributed by atoms with Gasteiger partial charge in [0.15, 0.2) is 0 Å². The Kier molecular flexibility index (Phi) is 32.6. The molecule has 0 aliphatic carbocycles. The number of nitrogens with one attached hydrogen (secondary N) is 5. The maximum absolute atomic E-state index is 13.0. The highest BCUT2D eigenvalue weighted by Crippen LogP contribution is 2.12. The van der Waals surface area contributed by atoms with Crippen molar-refractivity contribution < 1.29 is 28.8 Å². The monoisotopic (exact) mass is 762 g/mol. The van der Waals surface area contributed by atoms with Gasteiger partial charge in [0.25, 0.3) is 0 Å². The average Bonchev–Trinajstić information content (AvgIpc) is 3.14. The summed E-state index contributed by atoms with van der Waals surface area (Å²) in [5, 5.41) is 12.5. The summed E-state index contributed by atoms with van der Waals surface area (Å²) in [6.45, 7) is 4.81. The lowest BCUT2D eigenvalue weighted by molar-refractivity contribution is -0.133. The van der Waals surface area contributed by atoms with Gasteiger partial charge in [-0.3, -0.25) is 28.8 Å². The minimum absolute atomic E-state index is 0.211. The fourth-order valence-corrected chi connectivity index (χ4v) is 5.77. The van der Waals surface area contributed by atoms with E-state index in [4.69, 9.17) is 11.5 Å². The Morgan fingerprint density at radius 1 is 0.537 bits per heavy atom. The van der Waals surface area contributed by atoms with Crippen LogP contribution in [0.2, 0.25) is 0 Å². The highest BCUT2D eigenvalue weighted by Gasteiger charge is 2.24. The predicted octanol–water partition coefficient (Wildman–Crippen LogP) is 4.87. The maximum Gasteiger partial charge on any atom is 0.243 e. The van der Waals surface area contributed by atoms with E-state index in [1.807, 2.05) is 0 Å². The van der Waals surface area contributed by atoms with Crippen molar-refractivity contribution in [3.05, 3.63) is 24.3 Å². The third-order valence-corrected chi connectivity index (χ3v) is 9.11. The van der Waals surface area contributed by atoms with Crippen molar-refractivity contribution in [2.24, 2.45) is 11.5 Å². The molecule has 0 saturated carbocycles. The van der Waals surface area contributed by atoms with Gasteiger partial charge in [0.1, 0.15) is 18.1 Å². The Hall–Kier alpha value is -3.74. The number of rotatable bonds is 35. The van der Waals surface area contributed by atoms with Crippen LogP contribution < -0.4 is 38.1 Å². The molecule has 0 aromatic carbocycles. The van der Waals surface area contributed by atoms with Crippen molar-refractivity contribution in [1.29, 1.82) is 0 Å². The summed E-state index contributed by atoms with van der Waals surface area (Å²) in [6.07, 6.45) is 33.0. The lowest BCUT2D eigenvalue weighted by Gasteiger charge is -2.21. The molecular formula is C41H75N7O6. The predicted molar refractivity (Wildman–Crippen MR) is 217 cm³/mol. The topological polar surface area (TPSA) is 215 Å². The van der Waals surface area contributed by atoms with E-state index < -0.39 is 54.2 Å². The van der Waals surface area contributed by atoms with E-state index in [0.29, 0.717) is 32.2 Å². The zero-order chi connectivity index (χ0) is 40.2. The van der Waals surface area contributed by atoms with Gasteiger partial charge in [-0.1, -0.05) is 115 Å². The Labute approximate surface area is 325 Å². The van der Waals surface area contributed by atoms with Crippen LogP contribution in [0.15, 0.2) is 24.3 Å². The minimum Gasteiger partial charge on any atom is -0.368 e. The third kappa shape index (κ3) is 30.7. The van der Waals surface area contributed by atoms with Crippen LogP contribution in [0, 0.1) is 0 Å². The van der Waals surface area contributed by atoms with Crippen molar-refractivity contribution in [3.8, 4) is 0 Å². The summed E-state index contributed by atoms with van der Waals surface area (Å²) in [4.78, 5) is 73.1. The van der Waals surface area contributed by atoms with Crippen molar-refractivity contribution in [3.63, 3.8) is 0 Å². The Balaban J connectivity index is 4.21. The number of carbonyl (C=O) groups is 6. The number of hydrogen-bond acceptors (Lipinski definition) is 7. The zero-order valence-corrected chi connectivity index (χ0v) is 33.8. The van der Waals surface area contributed by atoms with Crippen molar-refractivity contribution in [1.82, 2.24) is 26.6 Å². The average molecular weight is 762 g/mol. The second-order valence-corrected chi connectivity index (χ2v) is 14.3. The normalized spacial score (nSPS) is 13.0. The molecule has 0 unspecified atom stereocenters. The van der Waals surface area contributed by atoms with Crippen molar-refractivity contribution in [2.45, 2.75) is 180 Å². The molecule has 54 heavy (non-hydrogen) atoms. The Morgan fingerprint density at radius 3 is 1.54 bits per heavy atom. The van der Waals surface area contributed by atoms with E-state index in [1.165, 1.54) is 78.1 Å². The second-order valence-electron chi connectivity index (χ2n) is 14.3. The Morgan fingerprint density at radius 2 is 1.02 bits per heavy atom. The molecule has 0 fully saturated rings. The van der Waals surface area contributed by atoms with Crippen molar-refractivity contribution >= 4 is 35.4 Å². The quantitative estimate of drug-likeness (QED) is 0.0351. The van der Waals surface area contributed by atoms with E-state index >= 15 is 0 Å². The summed E-state index contributed by atoms with van der Waals surface area (Å²) in [5.74, 6) is -3.29. The van der Waals surface area contributed by atoms with Gasteiger partial charge in [0.05, 0.1) is 13.1 Å². The van der Waals surface area contributed by atoms with E-state index in [1.54, 1.807) is 0 Å². The maximum atomic E-state index is 13.0. The molecule has 0 aromatic heterocycles. The third-order valence-electron chi connectivity index (χ3n) is 9.11. The molecule has 0 aliphatic heterocycles. The lowest BCUT2D eigenvalue weighted by atomic mass is 10.1. The van der Waals surface area contributed by atoms with Crippen molar-refractivity contribution in [2.75, 3.05) is 19.6 Å². The SMILES string of the molecule is CCCCCCCCCCCC/C=C/C=C/CCCCCCCCC(=O)N[C@@H](CCCCN)C(=O)N[C@@H](C)C(=O)NCC(=O)N[C@@H](C)C(=O)NCC(N)=O. The van der Waals surface area contributed by atoms with Crippen LogP contribution in [0.25, 0.3) is 0 Å². The summed E-state index contributed by atoms with van der Waals surface area (Å²) in [6, 6.07) is -2.76. The number of amides is 6. The van der Waals surface area contributed by atoms with Crippen LogP contribution in [-0.2, 0) is 28.8 Å². The highest BCUT2D eigenvalue weighted by atomic mass is 16.2. The van der Waals surface area contributed by atoms with Crippen LogP contribution in [0.3, 0.4) is 0 Å². The number of hydrogen-bond donors (Lipinski definition) is 7. The van der Waals surface area contributed by atoms with Gasteiger partial charge in [-0.2, -0.15) is 0 Å². The number of allylic oxidation sites excluding steroid dienone is 4. The molecule has 0 aliphatic rings. The molecule has 0 radical (unpaired) electrons. The van der Waals surface area contributed by atoms with Gasteiger partial charge >= 0.3 is 0 Å². The summed E-state index contributed by atoms with van der Waals surface area (Å²) < 4.78 is 0. The van der Waals surface area contributed by atoms with Crippen LogP contribution in [0.5, 0.6) is 0 Å². The van der Waals surface area contributed by atoms with Crippen LogP contribution in [0.4, 0.5) is 0 Å². The number of nitrogens with two attached hydrogens (primary N) is 2. The summed E-state index contributed by atoms with van der Waals surface area (Å²) in [7, 11) is 0. The van der Waals surface area contributed by atoms with Crippen LogP contribution in [-0.4, -0.2) is 73.2 Å². The standard InChI is InChI=1S/C41H75N7O6/c1-4-5-6-7-8-9-10-11-12-13-14-15-16-17-18-19-20-21-22-23-24-25-29-37(50)48-35(28-26-27-30-42)41(54)47-34(3)40(53)45-32-38(51)46-33(2)39(52)44-31-36(43)49/h15-18,33-35H,4-14,19-32,42H2,1-3H3,(H2,43,49)(H,44,52)(H,45,53)(H,46,51)(H,47,54)(H,48,50)/b16-15+,18-17+/t33-,34-,35-/m0/s1. The van der Waals surface area contributed by atoms with Crippen LogP contribution in [0.1, 0.15) is 162 Å². The van der Waals surface area contributed by atoms with Gasteiger partial charge in [-0.15, -0.1) is 0 Å². The number of carbonyl (C=O) groups excluding carboxylic acids is 6. The van der Waals surface area contributed by atoms with Gasteiger partial charge in [0, 0.05) is 6.42 Å².